The monoisotopic (exact) mass is 423 g/mol. The van der Waals surface area contributed by atoms with Gasteiger partial charge in [0, 0.05) is 42.8 Å². The second-order valence-electron chi connectivity index (χ2n) is 8.49. The molecular formula is C26H31F2N3. The van der Waals surface area contributed by atoms with Crippen LogP contribution in [0.1, 0.15) is 55.0 Å². The maximum Gasteiger partial charge on any atom is 0.141 e. The molecule has 164 valence electrons. The van der Waals surface area contributed by atoms with E-state index in [0.29, 0.717) is 6.04 Å². The maximum absolute atomic E-state index is 14.4. The maximum atomic E-state index is 14.4. The summed E-state index contributed by atoms with van der Waals surface area (Å²) in [7, 11) is 0. The number of hydrogen-bond acceptors (Lipinski definition) is 3. The second kappa shape index (κ2) is 9.23. The van der Waals surface area contributed by atoms with Crippen molar-refractivity contribution in [2.45, 2.75) is 58.7 Å². The average molecular weight is 424 g/mol. The van der Waals surface area contributed by atoms with Gasteiger partial charge in [0.2, 0.25) is 0 Å². The first-order valence-corrected chi connectivity index (χ1v) is 11.2. The molecule has 0 aromatic heterocycles. The van der Waals surface area contributed by atoms with Crippen LogP contribution in [0.3, 0.4) is 0 Å². The molecule has 2 aliphatic rings. The van der Waals surface area contributed by atoms with Gasteiger partial charge in [-0.2, -0.15) is 0 Å². The van der Waals surface area contributed by atoms with Gasteiger partial charge < -0.3 is 10.6 Å². The summed E-state index contributed by atoms with van der Waals surface area (Å²) in [4.78, 5) is 2.59. The second-order valence-corrected chi connectivity index (χ2v) is 8.49. The van der Waals surface area contributed by atoms with E-state index in [9.17, 15) is 8.78 Å². The van der Waals surface area contributed by atoms with Gasteiger partial charge in [0.05, 0.1) is 0 Å². The first kappa shape index (κ1) is 21.6. The summed E-state index contributed by atoms with van der Waals surface area (Å²) >= 11 is 0. The van der Waals surface area contributed by atoms with E-state index in [0.717, 1.165) is 48.1 Å². The van der Waals surface area contributed by atoms with Crippen LogP contribution in [0.25, 0.3) is 0 Å². The number of aryl methyl sites for hydroxylation is 1. The van der Waals surface area contributed by atoms with Gasteiger partial charge in [-0.25, -0.2) is 8.78 Å². The zero-order chi connectivity index (χ0) is 22.0. The Bertz CT molecular complexity index is 1010. The lowest BCUT2D eigenvalue weighted by molar-refractivity contribution is 0.169. The third kappa shape index (κ3) is 4.52. The summed E-state index contributed by atoms with van der Waals surface area (Å²) in [6, 6.07) is 12.4. The number of dihydropyridines is 1. The first-order chi connectivity index (χ1) is 15.0. The van der Waals surface area contributed by atoms with Crippen molar-refractivity contribution in [2.75, 3.05) is 11.9 Å². The summed E-state index contributed by atoms with van der Waals surface area (Å²) in [5.41, 5.74) is 6.50. The molecule has 2 aromatic rings. The van der Waals surface area contributed by atoms with Crippen molar-refractivity contribution in [3.8, 4) is 0 Å². The molecule has 0 bridgehead atoms. The molecule has 2 N–H and O–H groups in total. The fourth-order valence-electron chi connectivity index (χ4n) is 4.79. The Balaban J connectivity index is 1.57. The quantitative estimate of drug-likeness (QED) is 0.548. The van der Waals surface area contributed by atoms with Crippen molar-refractivity contribution in [3.63, 3.8) is 0 Å². The van der Waals surface area contributed by atoms with E-state index >= 15 is 0 Å². The number of nitrogens with one attached hydrogen (secondary N) is 2. The molecule has 4 rings (SSSR count). The van der Waals surface area contributed by atoms with Crippen LogP contribution in [-0.4, -0.2) is 17.5 Å². The van der Waals surface area contributed by atoms with Gasteiger partial charge in [0.15, 0.2) is 0 Å². The predicted molar refractivity (Wildman–Crippen MR) is 124 cm³/mol. The van der Waals surface area contributed by atoms with Crippen molar-refractivity contribution in [3.05, 3.63) is 82.6 Å². The van der Waals surface area contributed by atoms with Crippen molar-refractivity contribution >= 4 is 11.4 Å². The lowest BCUT2D eigenvalue weighted by Crippen LogP contribution is -2.38. The smallest absolute Gasteiger partial charge is 0.141 e. The standard InChI is InChI=1S/C26H31F2N3/c1-4-21(5-2)31-12-11-22-18(16-31)7-6-8-25(22)30-20-10-9-17(3)23(14-20)26-24(28)13-19(27)15-29-26/h6-10,13-15,21,26,29-30H,4-5,11-12,16H2,1-3H3. The Kier molecular flexibility index (Phi) is 6.42. The van der Waals surface area contributed by atoms with Gasteiger partial charge in [-0.05, 0) is 66.6 Å². The number of halogens is 2. The van der Waals surface area contributed by atoms with Gasteiger partial charge in [0.25, 0.3) is 0 Å². The van der Waals surface area contributed by atoms with Crippen LogP contribution in [0.5, 0.6) is 0 Å². The molecule has 0 radical (unpaired) electrons. The molecule has 1 atom stereocenters. The largest absolute Gasteiger partial charge is 0.376 e. The Morgan fingerprint density at radius 1 is 1.16 bits per heavy atom. The summed E-state index contributed by atoms with van der Waals surface area (Å²) < 4.78 is 27.7. The lowest BCUT2D eigenvalue weighted by Gasteiger charge is -2.35. The van der Waals surface area contributed by atoms with E-state index in [4.69, 9.17) is 0 Å². The van der Waals surface area contributed by atoms with E-state index in [2.05, 4.69) is 47.6 Å². The molecule has 0 saturated heterocycles. The van der Waals surface area contributed by atoms with Crippen LogP contribution >= 0.6 is 0 Å². The fraction of sp³-hybridized carbons (Fsp3) is 0.385. The van der Waals surface area contributed by atoms with Gasteiger partial charge >= 0.3 is 0 Å². The molecule has 5 heteroatoms. The number of benzene rings is 2. The van der Waals surface area contributed by atoms with Crippen LogP contribution in [0.15, 0.2) is 60.3 Å². The third-order valence-electron chi connectivity index (χ3n) is 6.56. The minimum atomic E-state index is -0.667. The minimum absolute atomic E-state index is 0.515. The summed E-state index contributed by atoms with van der Waals surface area (Å²) in [5.74, 6) is -1.11. The molecular weight excluding hydrogens is 392 g/mol. The molecule has 0 spiro atoms. The number of rotatable bonds is 6. The van der Waals surface area contributed by atoms with E-state index < -0.39 is 17.7 Å². The molecule has 2 heterocycles. The molecule has 1 unspecified atom stereocenters. The average Bonchev–Trinajstić information content (AvgIpc) is 2.76. The Labute approximate surface area is 183 Å². The summed E-state index contributed by atoms with van der Waals surface area (Å²) in [6.07, 6.45) is 5.52. The van der Waals surface area contributed by atoms with Crippen molar-refractivity contribution in [1.82, 2.24) is 10.2 Å². The lowest BCUT2D eigenvalue weighted by atomic mass is 9.95. The van der Waals surface area contributed by atoms with Crippen molar-refractivity contribution in [2.24, 2.45) is 0 Å². The van der Waals surface area contributed by atoms with Crippen molar-refractivity contribution in [1.29, 1.82) is 0 Å². The predicted octanol–water partition coefficient (Wildman–Crippen LogP) is 6.59. The zero-order valence-corrected chi connectivity index (χ0v) is 18.5. The van der Waals surface area contributed by atoms with E-state index in [1.54, 1.807) is 0 Å². The minimum Gasteiger partial charge on any atom is -0.376 e. The van der Waals surface area contributed by atoms with Crippen LogP contribution in [0, 0.1) is 6.92 Å². The van der Waals surface area contributed by atoms with Crippen LogP contribution in [-0.2, 0) is 13.0 Å². The van der Waals surface area contributed by atoms with Crippen molar-refractivity contribution < 1.29 is 8.78 Å². The highest BCUT2D eigenvalue weighted by atomic mass is 19.1. The number of nitrogens with zero attached hydrogens (tertiary/aromatic N) is 1. The number of hydrogen-bond donors (Lipinski definition) is 2. The van der Waals surface area contributed by atoms with Gasteiger partial charge in [-0.1, -0.05) is 32.0 Å². The Hall–Kier alpha value is -2.66. The summed E-state index contributed by atoms with van der Waals surface area (Å²) in [5, 5.41) is 6.39. The van der Waals surface area contributed by atoms with Gasteiger partial charge in [-0.15, -0.1) is 0 Å². The van der Waals surface area contributed by atoms with Crippen LogP contribution in [0.2, 0.25) is 0 Å². The van der Waals surface area contributed by atoms with Crippen LogP contribution < -0.4 is 10.6 Å². The number of allylic oxidation sites excluding steroid dienone is 2. The molecule has 0 amide bonds. The highest BCUT2D eigenvalue weighted by Gasteiger charge is 2.24. The van der Waals surface area contributed by atoms with E-state index in [1.807, 2.05) is 25.1 Å². The van der Waals surface area contributed by atoms with Gasteiger partial charge in [-0.3, -0.25) is 4.90 Å². The molecule has 2 aromatic carbocycles. The highest BCUT2D eigenvalue weighted by molar-refractivity contribution is 5.66. The summed E-state index contributed by atoms with van der Waals surface area (Å²) in [6.45, 7) is 8.52. The molecule has 31 heavy (non-hydrogen) atoms. The Morgan fingerprint density at radius 3 is 2.71 bits per heavy atom. The third-order valence-corrected chi connectivity index (χ3v) is 6.56. The van der Waals surface area contributed by atoms with E-state index in [1.165, 1.54) is 30.2 Å². The normalized spacial score (nSPS) is 18.8. The SMILES string of the molecule is CCC(CC)N1CCc2c(cccc2Nc2ccc(C)c(C3NC=C(F)C=C3F)c2)C1. The Morgan fingerprint density at radius 2 is 1.97 bits per heavy atom. The molecule has 0 aliphatic carbocycles. The topological polar surface area (TPSA) is 27.3 Å². The zero-order valence-electron chi connectivity index (χ0n) is 18.5. The number of anilines is 2. The van der Waals surface area contributed by atoms with Gasteiger partial charge in [0.1, 0.15) is 17.7 Å². The van der Waals surface area contributed by atoms with Crippen LogP contribution in [0.4, 0.5) is 20.2 Å². The molecule has 0 saturated carbocycles. The van der Waals surface area contributed by atoms with E-state index in [-0.39, 0.29) is 0 Å². The highest BCUT2D eigenvalue weighted by Crippen LogP contribution is 2.34. The molecule has 3 nitrogen and oxygen atoms in total. The molecule has 2 aliphatic heterocycles. The molecule has 0 fully saturated rings. The first-order valence-electron chi connectivity index (χ1n) is 11.2. The number of fused-ring (bicyclic) bond motifs is 1. The fourth-order valence-corrected chi connectivity index (χ4v) is 4.79.